The molecule has 1 saturated heterocycles. The second-order valence-electron chi connectivity index (χ2n) is 4.73. The number of halogens is 6. The van der Waals surface area contributed by atoms with Gasteiger partial charge in [0.25, 0.3) is 0 Å². The largest absolute Gasteiger partial charge is 0.425 e. The number of hydrogen-bond donors (Lipinski definition) is 0. The van der Waals surface area contributed by atoms with Gasteiger partial charge in [0.1, 0.15) is 0 Å². The Balaban J connectivity index is 2.36. The summed E-state index contributed by atoms with van der Waals surface area (Å²) in [7, 11) is -2.75. The minimum atomic E-state index is -5.45. The molecule has 1 nitrogen and oxygen atoms in total. The molecule has 0 radical (unpaired) electrons. The van der Waals surface area contributed by atoms with Gasteiger partial charge in [-0.2, -0.15) is 26.3 Å². The van der Waals surface area contributed by atoms with Crippen LogP contribution in [-0.2, 0) is 4.43 Å². The molecule has 2 rings (SSSR count). The monoisotopic (exact) mass is 314 g/mol. The molecule has 112 valence electrons. The van der Waals surface area contributed by atoms with Gasteiger partial charge in [-0.25, -0.2) is 0 Å². The van der Waals surface area contributed by atoms with Gasteiger partial charge >= 0.3 is 12.4 Å². The predicted octanol–water partition coefficient (Wildman–Crippen LogP) is 3.29. The van der Waals surface area contributed by atoms with E-state index >= 15 is 0 Å². The van der Waals surface area contributed by atoms with Gasteiger partial charge in [-0.15, -0.1) is 0 Å². The maximum atomic E-state index is 13.0. The van der Waals surface area contributed by atoms with Crippen LogP contribution in [0.5, 0.6) is 0 Å². The average molecular weight is 314 g/mol. The van der Waals surface area contributed by atoms with Gasteiger partial charge in [0.15, 0.2) is 0 Å². The van der Waals surface area contributed by atoms with Gasteiger partial charge in [0.05, 0.1) is 0 Å². The zero-order valence-electron chi connectivity index (χ0n) is 10.3. The fourth-order valence-electron chi connectivity index (χ4n) is 2.38. The number of rotatable bonds is 1. The summed E-state index contributed by atoms with van der Waals surface area (Å²) in [6, 6.07) is 8.16. The Kier molecular flexibility index (Phi) is 3.89. The molecule has 8 heteroatoms. The minimum Gasteiger partial charge on any atom is -0.395 e. The third-order valence-electron chi connectivity index (χ3n) is 3.43. The van der Waals surface area contributed by atoms with Crippen LogP contribution in [0.15, 0.2) is 30.3 Å². The van der Waals surface area contributed by atoms with Crippen LogP contribution in [0.4, 0.5) is 26.3 Å². The van der Waals surface area contributed by atoms with Crippen molar-refractivity contribution in [3.63, 3.8) is 0 Å². The van der Waals surface area contributed by atoms with Crippen molar-refractivity contribution >= 4 is 14.2 Å². The lowest BCUT2D eigenvalue weighted by atomic mass is 9.96. The van der Waals surface area contributed by atoms with Crippen molar-refractivity contribution < 1.29 is 30.8 Å². The second-order valence-corrected chi connectivity index (χ2v) is 7.19. The highest BCUT2D eigenvalue weighted by molar-refractivity contribution is 6.67. The molecule has 0 amide bonds. The standard InChI is InChI=1S/C12H12F6OSi/c13-11(14,15)10(12(16,17)18)7-4-8-20(19-10)9-5-2-1-3-6-9/h1-3,5-6,20H,4,7-8H2. The molecular weight excluding hydrogens is 302 g/mol. The van der Waals surface area contributed by atoms with Gasteiger partial charge in [0.2, 0.25) is 14.6 Å². The van der Waals surface area contributed by atoms with Crippen LogP contribution in [0.3, 0.4) is 0 Å². The maximum Gasteiger partial charge on any atom is 0.425 e. The van der Waals surface area contributed by atoms with Crippen LogP contribution in [0.2, 0.25) is 6.04 Å². The van der Waals surface area contributed by atoms with Crippen molar-refractivity contribution in [2.24, 2.45) is 0 Å². The summed E-state index contributed by atoms with van der Waals surface area (Å²) < 4.78 is 82.4. The second kappa shape index (κ2) is 5.07. The summed E-state index contributed by atoms with van der Waals surface area (Å²) in [4.78, 5) is 0. The van der Waals surface area contributed by atoms with E-state index in [-0.39, 0.29) is 12.5 Å². The van der Waals surface area contributed by atoms with Gasteiger partial charge in [-0.05, 0) is 17.7 Å². The SMILES string of the molecule is FC(F)(F)C1(C(F)(F)F)CCC[SiH](c2ccccc2)O1. The third kappa shape index (κ3) is 2.58. The van der Waals surface area contributed by atoms with E-state index in [9.17, 15) is 26.3 Å². The van der Waals surface area contributed by atoms with Crippen LogP contribution in [0.25, 0.3) is 0 Å². The summed E-state index contributed by atoms with van der Waals surface area (Å²) in [5.41, 5.74) is -4.01. The maximum absolute atomic E-state index is 13.0. The van der Waals surface area contributed by atoms with Crippen LogP contribution >= 0.6 is 0 Å². The molecule has 1 aromatic carbocycles. The zero-order valence-corrected chi connectivity index (χ0v) is 11.4. The first-order chi connectivity index (χ1) is 9.17. The van der Waals surface area contributed by atoms with E-state index in [4.69, 9.17) is 0 Å². The Labute approximate surface area is 113 Å². The highest BCUT2D eigenvalue weighted by Crippen LogP contribution is 2.51. The van der Waals surface area contributed by atoms with Crippen LogP contribution in [0.1, 0.15) is 12.8 Å². The lowest BCUT2D eigenvalue weighted by Crippen LogP contribution is -2.64. The van der Waals surface area contributed by atoms with Crippen molar-refractivity contribution in [2.45, 2.75) is 36.8 Å². The van der Waals surface area contributed by atoms with Gasteiger partial charge in [0, 0.05) is 0 Å². The first kappa shape index (κ1) is 15.4. The molecule has 1 aliphatic heterocycles. The Hall–Kier alpha value is -1.02. The van der Waals surface area contributed by atoms with E-state index in [1.54, 1.807) is 18.2 Å². The fourth-order valence-corrected chi connectivity index (χ4v) is 5.06. The molecule has 0 aliphatic carbocycles. The number of hydrogen-bond acceptors (Lipinski definition) is 1. The normalized spacial score (nSPS) is 23.6. The Morgan fingerprint density at radius 3 is 2.00 bits per heavy atom. The molecule has 1 heterocycles. The topological polar surface area (TPSA) is 9.23 Å². The Bertz CT molecular complexity index is 441. The molecule has 1 unspecified atom stereocenters. The van der Waals surface area contributed by atoms with E-state index in [2.05, 4.69) is 4.43 Å². The molecule has 20 heavy (non-hydrogen) atoms. The molecular formula is C12H12F6OSi. The highest BCUT2D eigenvalue weighted by Gasteiger charge is 2.72. The molecule has 1 aliphatic rings. The Morgan fingerprint density at radius 1 is 0.950 bits per heavy atom. The Morgan fingerprint density at radius 2 is 1.50 bits per heavy atom. The quantitative estimate of drug-likeness (QED) is 0.571. The lowest BCUT2D eigenvalue weighted by Gasteiger charge is -2.43. The molecule has 1 atom stereocenters. The first-order valence-corrected chi connectivity index (χ1v) is 7.90. The average Bonchev–Trinajstić information content (AvgIpc) is 2.37. The highest BCUT2D eigenvalue weighted by atomic mass is 28.3. The molecule has 0 bridgehead atoms. The molecule has 1 aromatic rings. The molecule has 0 N–H and O–H groups in total. The van der Waals surface area contributed by atoms with Gasteiger partial charge in [-0.3, -0.25) is 0 Å². The number of benzene rings is 1. The summed E-state index contributed by atoms with van der Waals surface area (Å²) in [5, 5.41) is 0.463. The van der Waals surface area contributed by atoms with Crippen molar-refractivity contribution in [3.8, 4) is 0 Å². The van der Waals surface area contributed by atoms with Crippen LogP contribution in [-0.4, -0.2) is 27.0 Å². The molecule has 0 aromatic heterocycles. The van der Waals surface area contributed by atoms with Crippen molar-refractivity contribution in [3.05, 3.63) is 30.3 Å². The predicted molar refractivity (Wildman–Crippen MR) is 63.2 cm³/mol. The fraction of sp³-hybridized carbons (Fsp3) is 0.500. The molecule has 0 saturated carbocycles. The summed E-state index contributed by atoms with van der Waals surface area (Å²) in [6.07, 6.45) is -12.1. The summed E-state index contributed by atoms with van der Waals surface area (Å²) >= 11 is 0. The first-order valence-electron chi connectivity index (χ1n) is 6.03. The molecule has 0 spiro atoms. The van der Waals surface area contributed by atoms with Crippen molar-refractivity contribution in [1.82, 2.24) is 0 Å². The van der Waals surface area contributed by atoms with Gasteiger partial charge < -0.3 is 4.43 Å². The van der Waals surface area contributed by atoms with E-state index in [1.165, 1.54) is 12.1 Å². The smallest absolute Gasteiger partial charge is 0.395 e. The van der Waals surface area contributed by atoms with Crippen LogP contribution < -0.4 is 5.19 Å². The summed E-state index contributed by atoms with van der Waals surface area (Å²) in [6.45, 7) is 0. The minimum absolute atomic E-state index is 0.134. The summed E-state index contributed by atoms with van der Waals surface area (Å²) in [5.74, 6) is 0. The van der Waals surface area contributed by atoms with Crippen molar-refractivity contribution in [1.29, 1.82) is 0 Å². The van der Waals surface area contributed by atoms with Gasteiger partial charge in [-0.1, -0.05) is 36.8 Å². The third-order valence-corrected chi connectivity index (χ3v) is 6.17. The van der Waals surface area contributed by atoms with Crippen molar-refractivity contribution in [2.75, 3.05) is 0 Å². The molecule has 1 fully saturated rings. The van der Waals surface area contributed by atoms with E-state index in [1.807, 2.05) is 0 Å². The number of alkyl halides is 6. The van der Waals surface area contributed by atoms with E-state index in [0.717, 1.165) is 0 Å². The lowest BCUT2D eigenvalue weighted by molar-refractivity contribution is -0.363. The van der Waals surface area contributed by atoms with E-state index in [0.29, 0.717) is 5.19 Å². The van der Waals surface area contributed by atoms with Crippen LogP contribution in [0, 0.1) is 0 Å². The zero-order chi connectivity index (χ0) is 15.0. The van der Waals surface area contributed by atoms with E-state index < -0.39 is 33.4 Å².